The van der Waals surface area contributed by atoms with Crippen molar-refractivity contribution in [1.82, 2.24) is 19.1 Å². The number of ketones is 1. The van der Waals surface area contributed by atoms with Gasteiger partial charge in [-0.2, -0.15) is 9.40 Å². The lowest BCUT2D eigenvalue weighted by Crippen LogP contribution is -2.51. The third-order valence-electron chi connectivity index (χ3n) is 7.78. The Kier molecular flexibility index (Phi) is 6.94. The molecule has 0 unspecified atom stereocenters. The monoisotopic (exact) mass is 547 g/mol. The van der Waals surface area contributed by atoms with Gasteiger partial charge in [-0.15, -0.1) is 0 Å². The number of nitrogens with zero attached hydrogens (tertiary/aromatic N) is 4. The Balaban J connectivity index is 1.62. The highest BCUT2D eigenvalue weighted by atomic mass is 32.2. The summed E-state index contributed by atoms with van der Waals surface area (Å²) < 4.78 is 43.0. The first kappa shape index (κ1) is 26.8. The second-order valence-electron chi connectivity index (χ2n) is 10.1. The second kappa shape index (κ2) is 10.1. The van der Waals surface area contributed by atoms with Crippen LogP contribution in [0.1, 0.15) is 53.5 Å². The molecule has 0 aliphatic heterocycles. The summed E-state index contributed by atoms with van der Waals surface area (Å²) in [5.74, 6) is -0.499. The molecule has 202 valence electrons. The van der Waals surface area contributed by atoms with Crippen LogP contribution in [0.4, 0.5) is 4.39 Å². The van der Waals surface area contributed by atoms with E-state index < -0.39 is 26.5 Å². The van der Waals surface area contributed by atoms with Crippen LogP contribution in [0.2, 0.25) is 0 Å². The Morgan fingerprint density at radius 2 is 2.05 bits per heavy atom. The largest absolute Gasteiger partial charge is 0.291 e. The van der Waals surface area contributed by atoms with Crippen molar-refractivity contribution in [1.29, 1.82) is 5.41 Å². The van der Waals surface area contributed by atoms with Gasteiger partial charge in [0.2, 0.25) is 0 Å². The average molecular weight is 548 g/mol. The first-order valence-corrected chi connectivity index (χ1v) is 14.3. The summed E-state index contributed by atoms with van der Waals surface area (Å²) in [5, 5.41) is 12.0. The van der Waals surface area contributed by atoms with Crippen LogP contribution in [0.3, 0.4) is 0 Å². The maximum atomic E-state index is 14.3. The van der Waals surface area contributed by atoms with Gasteiger partial charge in [-0.1, -0.05) is 19.1 Å². The number of sulfonamides is 1. The summed E-state index contributed by atoms with van der Waals surface area (Å²) in [6, 6.07) is 9.16. The van der Waals surface area contributed by atoms with E-state index >= 15 is 0 Å². The lowest BCUT2D eigenvalue weighted by atomic mass is 9.60. The summed E-state index contributed by atoms with van der Waals surface area (Å²) in [5.41, 5.74) is 3.48. The summed E-state index contributed by atoms with van der Waals surface area (Å²) >= 11 is 0. The third kappa shape index (κ3) is 4.57. The highest BCUT2D eigenvalue weighted by molar-refractivity contribution is 8.04. The molecule has 0 spiro atoms. The quantitative estimate of drug-likeness (QED) is 0.257. The molecule has 0 bridgehead atoms. The van der Waals surface area contributed by atoms with Crippen LogP contribution in [-0.4, -0.2) is 50.9 Å². The normalized spacial score (nSPS) is 20.6. The Hall–Kier alpha value is -3.76. The average Bonchev–Trinajstić information content (AvgIpc) is 3.33. The highest BCUT2D eigenvalue weighted by Gasteiger charge is 2.51. The van der Waals surface area contributed by atoms with Crippen molar-refractivity contribution >= 4 is 26.9 Å². The zero-order valence-electron chi connectivity index (χ0n) is 21.9. The van der Waals surface area contributed by atoms with Gasteiger partial charge in [-0.3, -0.25) is 15.2 Å². The highest BCUT2D eigenvalue weighted by Crippen LogP contribution is 2.51. The minimum atomic E-state index is -4.05. The van der Waals surface area contributed by atoms with Crippen molar-refractivity contribution in [3.05, 3.63) is 95.4 Å². The number of pyridine rings is 1. The third-order valence-corrected chi connectivity index (χ3v) is 9.68. The number of Topliss-reactive ketones (excluding diaryl/α,β-unsaturated/α-hetero) is 1. The Morgan fingerprint density at radius 1 is 1.31 bits per heavy atom. The smallest absolute Gasteiger partial charge is 0.260 e. The molecule has 2 aliphatic carbocycles. The molecule has 10 heteroatoms. The number of aromatic nitrogens is 3. The van der Waals surface area contributed by atoms with Gasteiger partial charge in [0.15, 0.2) is 10.8 Å². The van der Waals surface area contributed by atoms with Gasteiger partial charge in [0.25, 0.3) is 10.0 Å². The number of carbonyl (C=O) groups excluding carboxylic acids is 1. The molecule has 0 saturated heterocycles. The number of allylic oxidation sites excluding steroid dienone is 1. The first-order valence-electron chi connectivity index (χ1n) is 12.8. The van der Waals surface area contributed by atoms with E-state index in [-0.39, 0.29) is 24.6 Å². The zero-order chi connectivity index (χ0) is 27.9. The minimum Gasteiger partial charge on any atom is -0.291 e. The number of benzene rings is 1. The molecule has 8 nitrogen and oxygen atoms in total. The number of carbonyl (C=O) groups is 1. The molecule has 0 amide bonds. The van der Waals surface area contributed by atoms with Crippen molar-refractivity contribution in [2.75, 3.05) is 6.54 Å². The number of rotatable bonds is 7. The standard InChI is InChI=1S/C29H30FN5O3S/c1-4-27(31)39(37,38)34(5-2)24-9-6-21-15-26-20(18-33-35(26)23-10-7-22(30)8-11-23)16-29(21,17-24)28(36)25-14-19(3)12-13-32-25/h4,7-8,10-15,18,24,31H,1,5-6,9,16-17H2,2-3H3/t24-,29-/m0/s1. The van der Waals surface area contributed by atoms with Crippen LogP contribution in [0.15, 0.2) is 67.0 Å². The van der Waals surface area contributed by atoms with Gasteiger partial charge in [0, 0.05) is 18.8 Å². The number of fused-ring (bicyclic) bond motifs is 2. The molecule has 2 aliphatic rings. The fraction of sp³-hybridized carbons (Fsp3) is 0.310. The van der Waals surface area contributed by atoms with Gasteiger partial charge in [0.05, 0.1) is 23.0 Å². The minimum absolute atomic E-state index is 0.158. The van der Waals surface area contributed by atoms with Crippen LogP contribution in [0.25, 0.3) is 11.8 Å². The molecule has 1 fully saturated rings. The summed E-state index contributed by atoms with van der Waals surface area (Å²) in [6.07, 6.45) is 7.91. The van der Waals surface area contributed by atoms with Gasteiger partial charge >= 0.3 is 0 Å². The molecule has 1 aromatic carbocycles. The van der Waals surface area contributed by atoms with Crippen LogP contribution < -0.4 is 0 Å². The van der Waals surface area contributed by atoms with Crippen molar-refractivity contribution in [3.8, 4) is 5.69 Å². The number of nitrogens with one attached hydrogen (secondary N) is 1. The fourth-order valence-corrected chi connectivity index (χ4v) is 7.25. The molecule has 2 aromatic heterocycles. The van der Waals surface area contributed by atoms with Gasteiger partial charge < -0.3 is 0 Å². The van der Waals surface area contributed by atoms with Crippen LogP contribution in [0.5, 0.6) is 0 Å². The van der Waals surface area contributed by atoms with E-state index in [4.69, 9.17) is 5.41 Å². The fourth-order valence-electron chi connectivity index (χ4n) is 5.88. The molecule has 3 aromatic rings. The molecule has 39 heavy (non-hydrogen) atoms. The molecule has 2 atom stereocenters. The van der Waals surface area contributed by atoms with E-state index in [0.29, 0.717) is 30.6 Å². The summed E-state index contributed by atoms with van der Waals surface area (Å²) in [4.78, 5) is 18.7. The van der Waals surface area contributed by atoms with Crippen molar-refractivity contribution in [2.24, 2.45) is 5.41 Å². The molecular formula is C29H30FN5O3S. The van der Waals surface area contributed by atoms with Gasteiger partial charge in [-0.25, -0.2) is 17.5 Å². The van der Waals surface area contributed by atoms with E-state index in [1.807, 2.05) is 19.1 Å². The lowest BCUT2D eigenvalue weighted by molar-refractivity contribution is 0.0740. The molecule has 2 heterocycles. The molecule has 1 N–H and O–H groups in total. The van der Waals surface area contributed by atoms with Crippen molar-refractivity contribution in [2.45, 2.75) is 45.6 Å². The summed E-state index contributed by atoms with van der Waals surface area (Å²) in [7, 11) is -4.05. The van der Waals surface area contributed by atoms with Crippen molar-refractivity contribution in [3.63, 3.8) is 0 Å². The molecular weight excluding hydrogens is 517 g/mol. The number of hydrogen-bond donors (Lipinski definition) is 1. The van der Waals surface area contributed by atoms with Gasteiger partial charge in [0.1, 0.15) is 11.5 Å². The van der Waals surface area contributed by atoms with E-state index in [0.717, 1.165) is 28.5 Å². The van der Waals surface area contributed by atoms with Crippen LogP contribution in [0, 0.1) is 23.6 Å². The molecule has 1 saturated carbocycles. The van der Waals surface area contributed by atoms with E-state index in [1.165, 1.54) is 16.4 Å². The van der Waals surface area contributed by atoms with E-state index in [9.17, 15) is 17.6 Å². The SMILES string of the molecule is C=CC(=N)S(=O)(=O)N(CC)[C@H]1CCC2=Cc3c(cnn3-c3ccc(F)cc3)C[C@]2(C(=O)c2cc(C)ccn2)C1. The maximum Gasteiger partial charge on any atom is 0.260 e. The predicted octanol–water partition coefficient (Wildman–Crippen LogP) is 4.89. The summed E-state index contributed by atoms with van der Waals surface area (Å²) in [6.45, 7) is 7.27. The van der Waals surface area contributed by atoms with E-state index in [1.54, 1.807) is 42.2 Å². The Bertz CT molecular complexity index is 1610. The predicted molar refractivity (Wildman–Crippen MR) is 148 cm³/mol. The van der Waals surface area contributed by atoms with Crippen LogP contribution in [-0.2, 0) is 16.4 Å². The molecule has 5 rings (SSSR count). The zero-order valence-corrected chi connectivity index (χ0v) is 22.7. The topological polar surface area (TPSA) is 109 Å². The second-order valence-corrected chi connectivity index (χ2v) is 12.0. The van der Waals surface area contributed by atoms with Crippen molar-refractivity contribution < 1.29 is 17.6 Å². The van der Waals surface area contributed by atoms with E-state index in [2.05, 4.69) is 16.7 Å². The maximum absolute atomic E-state index is 14.3. The Morgan fingerprint density at radius 3 is 2.72 bits per heavy atom. The van der Waals surface area contributed by atoms with Gasteiger partial charge in [-0.05, 0) is 92.3 Å². The lowest BCUT2D eigenvalue weighted by Gasteiger charge is -2.46. The molecule has 0 radical (unpaired) electrons. The number of aryl methyl sites for hydroxylation is 1. The van der Waals surface area contributed by atoms with Crippen LogP contribution >= 0.6 is 0 Å². The number of halogens is 1. The Labute approximate surface area is 227 Å². The first-order chi connectivity index (χ1) is 18.6. The number of hydrogen-bond acceptors (Lipinski definition) is 6.